The zero-order chi connectivity index (χ0) is 24.2. The predicted molar refractivity (Wildman–Crippen MR) is 139 cm³/mol. The molecular weight excluding hydrogens is 592 g/mol. The largest absolute Gasteiger partial charge is 0.493 e. The number of carbonyl (C=O) groups excluding carboxylic acids is 2. The van der Waals surface area contributed by atoms with Crippen LogP contribution in [-0.4, -0.2) is 23.2 Å². The van der Waals surface area contributed by atoms with Gasteiger partial charge in [0.15, 0.2) is 11.5 Å². The number of carbonyl (C=O) groups is 2. The first-order chi connectivity index (χ1) is 16.3. The van der Waals surface area contributed by atoms with E-state index in [0.29, 0.717) is 22.0 Å². The zero-order valence-electron chi connectivity index (χ0n) is 17.9. The second-order valence-electron chi connectivity index (χ2n) is 7.34. The van der Waals surface area contributed by atoms with E-state index in [0.717, 1.165) is 26.5 Å². The number of hydrogen-bond acceptors (Lipinski definition) is 5. The van der Waals surface area contributed by atoms with Gasteiger partial charge in [0, 0.05) is 3.57 Å². The van der Waals surface area contributed by atoms with E-state index in [-0.39, 0.29) is 35.1 Å². The summed E-state index contributed by atoms with van der Waals surface area (Å²) in [6, 6.07) is 16.9. The first kappa shape index (κ1) is 24.6. The van der Waals surface area contributed by atoms with Gasteiger partial charge in [-0.25, -0.2) is 4.39 Å². The Hall–Kier alpha value is -2.56. The fraction of sp³-hybridized carbons (Fsp3) is 0.120. The van der Waals surface area contributed by atoms with Crippen LogP contribution in [0.25, 0.3) is 6.08 Å². The van der Waals surface area contributed by atoms with E-state index in [1.165, 1.54) is 24.1 Å². The lowest BCUT2D eigenvalue weighted by Gasteiger charge is -2.14. The van der Waals surface area contributed by atoms with Gasteiger partial charge in [-0.1, -0.05) is 35.9 Å². The molecule has 0 bridgehead atoms. The van der Waals surface area contributed by atoms with E-state index in [2.05, 4.69) is 22.6 Å². The highest BCUT2D eigenvalue weighted by atomic mass is 127. The third kappa shape index (κ3) is 5.73. The topological polar surface area (TPSA) is 55.8 Å². The molecule has 174 valence electrons. The normalized spacial score (nSPS) is 14.7. The summed E-state index contributed by atoms with van der Waals surface area (Å²) in [7, 11) is 1.48. The van der Waals surface area contributed by atoms with Gasteiger partial charge in [-0.2, -0.15) is 0 Å². The number of nitrogens with zero attached hydrogens (tertiary/aromatic N) is 1. The van der Waals surface area contributed by atoms with Gasteiger partial charge in [-0.05, 0) is 93.5 Å². The Morgan fingerprint density at radius 1 is 1.06 bits per heavy atom. The summed E-state index contributed by atoms with van der Waals surface area (Å²) in [6.07, 6.45) is 1.61. The summed E-state index contributed by atoms with van der Waals surface area (Å²) in [5.74, 6) is 0.0170. The molecule has 0 saturated carbocycles. The first-order valence-electron chi connectivity index (χ1n) is 10.1. The Balaban J connectivity index is 1.52. The first-order valence-corrected chi connectivity index (χ1v) is 12.4. The molecule has 9 heteroatoms. The van der Waals surface area contributed by atoms with Gasteiger partial charge in [-0.3, -0.25) is 14.5 Å². The Labute approximate surface area is 219 Å². The maximum atomic E-state index is 13.1. The van der Waals surface area contributed by atoms with Crippen LogP contribution in [-0.2, 0) is 17.9 Å². The number of ether oxygens (including phenoxy) is 2. The van der Waals surface area contributed by atoms with Crippen molar-refractivity contribution < 1.29 is 23.5 Å². The van der Waals surface area contributed by atoms with Crippen LogP contribution in [0.5, 0.6) is 11.5 Å². The SMILES string of the molecule is COc1cc(/C=C2\SC(=O)N(Cc3ccc(I)cc3)C2=O)cc(Cl)c1OCc1ccc(F)cc1. The van der Waals surface area contributed by atoms with Crippen molar-refractivity contribution in [3.63, 3.8) is 0 Å². The highest BCUT2D eigenvalue weighted by Gasteiger charge is 2.35. The summed E-state index contributed by atoms with van der Waals surface area (Å²) in [6.45, 7) is 0.381. The van der Waals surface area contributed by atoms with Crippen LogP contribution < -0.4 is 9.47 Å². The number of methoxy groups -OCH3 is 1. The van der Waals surface area contributed by atoms with Gasteiger partial charge in [0.1, 0.15) is 12.4 Å². The highest BCUT2D eigenvalue weighted by molar-refractivity contribution is 14.1. The van der Waals surface area contributed by atoms with Crippen molar-refractivity contribution in [1.29, 1.82) is 0 Å². The fourth-order valence-electron chi connectivity index (χ4n) is 3.26. The van der Waals surface area contributed by atoms with Crippen molar-refractivity contribution in [3.8, 4) is 11.5 Å². The van der Waals surface area contributed by atoms with Crippen LogP contribution in [0, 0.1) is 9.39 Å². The molecule has 2 amide bonds. The fourth-order valence-corrected chi connectivity index (χ4v) is 4.73. The van der Waals surface area contributed by atoms with Crippen molar-refractivity contribution in [1.82, 2.24) is 4.90 Å². The summed E-state index contributed by atoms with van der Waals surface area (Å²) in [5, 5.41) is -0.0436. The van der Waals surface area contributed by atoms with Crippen molar-refractivity contribution in [2.75, 3.05) is 7.11 Å². The Bertz CT molecular complexity index is 1270. The molecule has 0 radical (unpaired) electrons. The number of thioether (sulfide) groups is 1. The number of halogens is 3. The van der Waals surface area contributed by atoms with E-state index in [1.54, 1.807) is 30.3 Å². The molecule has 3 aromatic carbocycles. The zero-order valence-corrected chi connectivity index (χ0v) is 21.6. The quantitative estimate of drug-likeness (QED) is 0.215. The smallest absolute Gasteiger partial charge is 0.293 e. The molecule has 0 aromatic heterocycles. The monoisotopic (exact) mass is 609 g/mol. The second kappa shape index (κ2) is 10.8. The van der Waals surface area contributed by atoms with E-state index in [1.807, 2.05) is 24.3 Å². The molecule has 3 aromatic rings. The van der Waals surface area contributed by atoms with E-state index < -0.39 is 0 Å². The van der Waals surface area contributed by atoms with Crippen LogP contribution in [0.3, 0.4) is 0 Å². The van der Waals surface area contributed by atoms with Gasteiger partial charge >= 0.3 is 0 Å². The number of rotatable bonds is 7. The minimum Gasteiger partial charge on any atom is -0.493 e. The lowest BCUT2D eigenvalue weighted by atomic mass is 10.1. The molecule has 0 unspecified atom stereocenters. The summed E-state index contributed by atoms with van der Waals surface area (Å²) in [5.41, 5.74) is 2.23. The van der Waals surface area contributed by atoms with Crippen LogP contribution in [0.15, 0.2) is 65.6 Å². The van der Waals surface area contributed by atoms with Gasteiger partial charge < -0.3 is 9.47 Å². The molecule has 1 aliphatic rings. The molecule has 0 N–H and O–H groups in total. The molecule has 1 fully saturated rings. The minimum absolute atomic E-state index is 0.174. The van der Waals surface area contributed by atoms with Crippen LogP contribution in [0.4, 0.5) is 9.18 Å². The number of hydrogen-bond donors (Lipinski definition) is 0. The van der Waals surface area contributed by atoms with Crippen molar-refractivity contribution in [3.05, 3.63) is 96.7 Å². The molecule has 1 saturated heterocycles. The average Bonchev–Trinajstić information content (AvgIpc) is 3.07. The Morgan fingerprint density at radius 2 is 1.74 bits per heavy atom. The van der Waals surface area contributed by atoms with Crippen molar-refractivity contribution >= 4 is 63.2 Å². The molecule has 0 atom stereocenters. The molecule has 1 heterocycles. The molecular formula is C25H18ClFINO4S. The number of imide groups is 1. The third-order valence-corrected chi connectivity index (χ3v) is 6.88. The Kier molecular flexibility index (Phi) is 7.80. The second-order valence-corrected chi connectivity index (χ2v) is 9.99. The van der Waals surface area contributed by atoms with E-state index in [4.69, 9.17) is 21.1 Å². The summed E-state index contributed by atoms with van der Waals surface area (Å²) >= 11 is 9.52. The van der Waals surface area contributed by atoms with Crippen LogP contribution in [0.2, 0.25) is 5.02 Å². The third-order valence-electron chi connectivity index (χ3n) is 4.97. The lowest BCUT2D eigenvalue weighted by molar-refractivity contribution is -0.123. The predicted octanol–water partition coefficient (Wildman–Crippen LogP) is 6.91. The van der Waals surface area contributed by atoms with Gasteiger partial charge in [0.2, 0.25) is 0 Å². The maximum Gasteiger partial charge on any atom is 0.293 e. The maximum absolute atomic E-state index is 13.1. The summed E-state index contributed by atoms with van der Waals surface area (Å²) < 4.78 is 25.4. The number of amides is 2. The minimum atomic E-state index is -0.361. The van der Waals surface area contributed by atoms with Gasteiger partial charge in [0.25, 0.3) is 11.1 Å². The molecule has 1 aliphatic heterocycles. The van der Waals surface area contributed by atoms with E-state index in [9.17, 15) is 14.0 Å². The standard InChI is InChI=1S/C25H18ClFINO4S/c1-32-21-11-17(10-20(26)23(21)33-14-16-2-6-18(27)7-3-16)12-22-24(30)29(25(31)34-22)13-15-4-8-19(28)9-5-15/h2-12H,13-14H2,1H3/b22-12-. The molecule has 34 heavy (non-hydrogen) atoms. The molecule has 5 nitrogen and oxygen atoms in total. The summed E-state index contributed by atoms with van der Waals surface area (Å²) in [4.78, 5) is 26.9. The van der Waals surface area contributed by atoms with Crippen LogP contribution >= 0.6 is 46.0 Å². The van der Waals surface area contributed by atoms with Crippen molar-refractivity contribution in [2.45, 2.75) is 13.2 Å². The molecule has 0 spiro atoms. The van der Waals surface area contributed by atoms with Crippen molar-refractivity contribution in [2.24, 2.45) is 0 Å². The highest BCUT2D eigenvalue weighted by Crippen LogP contribution is 2.39. The number of benzene rings is 3. The van der Waals surface area contributed by atoms with Gasteiger partial charge in [0.05, 0.1) is 23.6 Å². The molecule has 0 aliphatic carbocycles. The van der Waals surface area contributed by atoms with Crippen LogP contribution in [0.1, 0.15) is 16.7 Å². The molecule has 4 rings (SSSR count). The Morgan fingerprint density at radius 3 is 2.41 bits per heavy atom. The van der Waals surface area contributed by atoms with Gasteiger partial charge in [-0.15, -0.1) is 0 Å². The average molecular weight is 610 g/mol. The van der Waals surface area contributed by atoms with E-state index >= 15 is 0 Å². The lowest BCUT2D eigenvalue weighted by Crippen LogP contribution is -2.27.